The number of likely N-dealkylation sites (tertiary alicyclic amines) is 1. The molecule has 0 aromatic heterocycles. The molecule has 2 aliphatic rings. The van der Waals surface area contributed by atoms with E-state index in [9.17, 15) is 23.1 Å². The largest absolute Gasteiger partial charge is 0.414 e. The summed E-state index contributed by atoms with van der Waals surface area (Å²) in [6.07, 6.45) is -0.615. The summed E-state index contributed by atoms with van der Waals surface area (Å²) in [6, 6.07) is 0. The Labute approximate surface area is 129 Å². The maximum atomic E-state index is 12.5. The van der Waals surface area contributed by atoms with Gasteiger partial charge in [0.1, 0.15) is 0 Å². The third-order valence-electron chi connectivity index (χ3n) is 5.22. The molecule has 0 radical (unpaired) electrons. The van der Waals surface area contributed by atoms with Crippen LogP contribution in [0.5, 0.6) is 0 Å². The molecule has 1 saturated carbocycles. The predicted octanol–water partition coefficient (Wildman–Crippen LogP) is 3.36. The zero-order chi connectivity index (χ0) is 16.3. The molecule has 1 aliphatic carbocycles. The smallest absolute Gasteiger partial charge is 0.383 e. The number of amides is 1. The van der Waals surface area contributed by atoms with E-state index in [2.05, 4.69) is 0 Å². The molecule has 22 heavy (non-hydrogen) atoms. The minimum absolute atomic E-state index is 0.0489. The number of carbonyl (C=O) groups excluding carboxylic acids is 1. The Morgan fingerprint density at radius 3 is 2.23 bits per heavy atom. The van der Waals surface area contributed by atoms with Crippen molar-refractivity contribution in [2.75, 3.05) is 13.1 Å². The van der Waals surface area contributed by atoms with Crippen molar-refractivity contribution < 1.29 is 23.1 Å². The summed E-state index contributed by atoms with van der Waals surface area (Å²) in [5.41, 5.74) is 0. The van der Waals surface area contributed by atoms with Gasteiger partial charge < -0.3 is 10.0 Å². The van der Waals surface area contributed by atoms with Crippen molar-refractivity contribution in [1.82, 2.24) is 4.90 Å². The summed E-state index contributed by atoms with van der Waals surface area (Å²) in [7, 11) is 0. The molecular weight excluding hydrogens is 295 g/mol. The monoisotopic (exact) mass is 321 g/mol. The van der Waals surface area contributed by atoms with Crippen LogP contribution in [-0.4, -0.2) is 41.3 Å². The quantitative estimate of drug-likeness (QED) is 0.862. The highest BCUT2D eigenvalue weighted by Crippen LogP contribution is 2.33. The predicted molar refractivity (Wildman–Crippen MR) is 77.1 cm³/mol. The van der Waals surface area contributed by atoms with E-state index >= 15 is 0 Å². The first-order valence-corrected chi connectivity index (χ1v) is 8.32. The first-order chi connectivity index (χ1) is 10.3. The summed E-state index contributed by atoms with van der Waals surface area (Å²) in [5, 5.41) is 9.31. The van der Waals surface area contributed by atoms with Gasteiger partial charge in [-0.25, -0.2) is 0 Å². The zero-order valence-electron chi connectivity index (χ0n) is 13.1. The number of carbonyl (C=O) groups is 1. The van der Waals surface area contributed by atoms with Gasteiger partial charge in [0.15, 0.2) is 6.10 Å². The molecule has 2 fully saturated rings. The molecule has 1 aliphatic heterocycles. The van der Waals surface area contributed by atoms with Crippen LogP contribution in [0, 0.1) is 17.8 Å². The van der Waals surface area contributed by atoms with Crippen molar-refractivity contribution in [2.24, 2.45) is 17.8 Å². The molecule has 1 amide bonds. The number of nitrogens with zero attached hydrogens (tertiary/aromatic N) is 1. The number of rotatable bonds is 4. The fourth-order valence-electron chi connectivity index (χ4n) is 3.86. The Hall–Kier alpha value is -0.780. The lowest BCUT2D eigenvalue weighted by Crippen LogP contribution is -2.46. The Morgan fingerprint density at radius 1 is 1.18 bits per heavy atom. The summed E-state index contributed by atoms with van der Waals surface area (Å²) in [5.74, 6) is -0.142. The Balaban J connectivity index is 1.79. The molecule has 1 N–H and O–H groups in total. The van der Waals surface area contributed by atoms with Crippen LogP contribution in [0.25, 0.3) is 0 Å². The molecule has 0 aromatic rings. The van der Waals surface area contributed by atoms with Gasteiger partial charge in [-0.15, -0.1) is 0 Å². The lowest BCUT2D eigenvalue weighted by Gasteiger charge is -2.36. The highest BCUT2D eigenvalue weighted by atomic mass is 19.4. The number of alkyl halides is 3. The lowest BCUT2D eigenvalue weighted by atomic mass is 9.89. The van der Waals surface area contributed by atoms with Gasteiger partial charge in [-0.2, -0.15) is 13.2 Å². The molecule has 128 valence electrons. The highest BCUT2D eigenvalue weighted by Gasteiger charge is 2.44. The Morgan fingerprint density at radius 2 is 1.73 bits per heavy atom. The second-order valence-corrected chi connectivity index (χ2v) is 6.94. The zero-order valence-corrected chi connectivity index (χ0v) is 13.1. The SMILES string of the molecule is CC(CC1CCCC1)C(=O)N1CCC(C(O)C(F)(F)F)CC1. The Kier molecular flexibility index (Phi) is 5.75. The molecule has 1 saturated heterocycles. The van der Waals surface area contributed by atoms with Crippen LogP contribution in [0.2, 0.25) is 0 Å². The average Bonchev–Trinajstić information content (AvgIpc) is 2.97. The van der Waals surface area contributed by atoms with E-state index in [0.717, 1.165) is 6.42 Å². The average molecular weight is 321 g/mol. The van der Waals surface area contributed by atoms with Gasteiger partial charge in [0, 0.05) is 19.0 Å². The Bertz CT molecular complexity index is 372. The van der Waals surface area contributed by atoms with Crippen molar-refractivity contribution >= 4 is 5.91 Å². The maximum Gasteiger partial charge on any atom is 0.414 e. The fraction of sp³-hybridized carbons (Fsp3) is 0.938. The summed E-state index contributed by atoms with van der Waals surface area (Å²) < 4.78 is 37.5. The normalized spacial score (nSPS) is 24.5. The first kappa shape index (κ1) is 17.6. The van der Waals surface area contributed by atoms with Crippen LogP contribution in [0.15, 0.2) is 0 Å². The molecule has 0 spiro atoms. The number of aliphatic hydroxyl groups is 1. The van der Waals surface area contributed by atoms with E-state index in [1.54, 1.807) is 4.90 Å². The molecule has 2 rings (SSSR count). The van der Waals surface area contributed by atoms with Crippen molar-refractivity contribution in [3.8, 4) is 0 Å². The molecule has 2 unspecified atom stereocenters. The van der Waals surface area contributed by atoms with Gasteiger partial charge in [0.2, 0.25) is 5.91 Å². The molecular formula is C16H26F3NO2. The van der Waals surface area contributed by atoms with Crippen molar-refractivity contribution in [2.45, 2.75) is 64.1 Å². The minimum Gasteiger partial charge on any atom is -0.383 e. The number of piperidine rings is 1. The minimum atomic E-state index is -4.56. The van der Waals surface area contributed by atoms with Crippen molar-refractivity contribution in [3.05, 3.63) is 0 Å². The van der Waals surface area contributed by atoms with Crippen LogP contribution < -0.4 is 0 Å². The van der Waals surface area contributed by atoms with E-state index in [1.165, 1.54) is 25.7 Å². The molecule has 3 nitrogen and oxygen atoms in total. The third-order valence-corrected chi connectivity index (χ3v) is 5.22. The van der Waals surface area contributed by atoms with Gasteiger partial charge >= 0.3 is 6.18 Å². The molecule has 0 aromatic carbocycles. The van der Waals surface area contributed by atoms with Gasteiger partial charge in [0.05, 0.1) is 0 Å². The van der Waals surface area contributed by atoms with E-state index in [4.69, 9.17) is 0 Å². The number of hydrogen-bond acceptors (Lipinski definition) is 2. The molecule has 1 heterocycles. The van der Waals surface area contributed by atoms with E-state index in [1.807, 2.05) is 6.92 Å². The number of aliphatic hydroxyl groups excluding tert-OH is 1. The topological polar surface area (TPSA) is 40.5 Å². The van der Waals surface area contributed by atoms with E-state index in [0.29, 0.717) is 19.0 Å². The second kappa shape index (κ2) is 7.20. The van der Waals surface area contributed by atoms with Crippen LogP contribution in [0.4, 0.5) is 13.2 Å². The van der Waals surface area contributed by atoms with E-state index in [-0.39, 0.29) is 24.7 Å². The van der Waals surface area contributed by atoms with Gasteiger partial charge in [-0.05, 0) is 31.1 Å². The van der Waals surface area contributed by atoms with Crippen LogP contribution in [0.3, 0.4) is 0 Å². The summed E-state index contributed by atoms with van der Waals surface area (Å²) in [6.45, 7) is 2.58. The van der Waals surface area contributed by atoms with Crippen molar-refractivity contribution in [1.29, 1.82) is 0 Å². The summed E-state index contributed by atoms with van der Waals surface area (Å²) in [4.78, 5) is 14.1. The third kappa shape index (κ3) is 4.37. The standard InChI is InChI=1S/C16H26F3NO2/c1-11(10-12-4-2-3-5-12)15(22)20-8-6-13(7-9-20)14(21)16(17,18)19/h11-14,21H,2-10H2,1H3. The van der Waals surface area contributed by atoms with Gasteiger partial charge in [-0.3, -0.25) is 4.79 Å². The van der Waals surface area contributed by atoms with Crippen LogP contribution >= 0.6 is 0 Å². The first-order valence-electron chi connectivity index (χ1n) is 8.32. The highest BCUT2D eigenvalue weighted by molar-refractivity contribution is 5.78. The lowest BCUT2D eigenvalue weighted by molar-refractivity contribution is -0.223. The summed E-state index contributed by atoms with van der Waals surface area (Å²) >= 11 is 0. The molecule has 2 atom stereocenters. The molecule has 0 bridgehead atoms. The van der Waals surface area contributed by atoms with Gasteiger partial charge in [-0.1, -0.05) is 32.6 Å². The van der Waals surface area contributed by atoms with Crippen molar-refractivity contribution in [3.63, 3.8) is 0 Å². The van der Waals surface area contributed by atoms with Crippen LogP contribution in [-0.2, 0) is 4.79 Å². The second-order valence-electron chi connectivity index (χ2n) is 6.94. The molecule has 6 heteroatoms. The van der Waals surface area contributed by atoms with E-state index < -0.39 is 18.2 Å². The maximum absolute atomic E-state index is 12.5. The van der Waals surface area contributed by atoms with Crippen LogP contribution in [0.1, 0.15) is 51.9 Å². The van der Waals surface area contributed by atoms with Gasteiger partial charge in [0.25, 0.3) is 0 Å². The number of hydrogen-bond donors (Lipinski definition) is 1. The number of halogens is 3. The fourth-order valence-corrected chi connectivity index (χ4v) is 3.86.